The van der Waals surface area contributed by atoms with Crippen LogP contribution in [0.1, 0.15) is 30.1 Å². The minimum Gasteiger partial charge on any atom is -0.356 e. The fraction of sp³-hybridized carbons (Fsp3) is 0.412. The Kier molecular flexibility index (Phi) is 4.71. The summed E-state index contributed by atoms with van der Waals surface area (Å²) < 4.78 is 19.5. The molecule has 0 N–H and O–H groups in total. The van der Waals surface area contributed by atoms with Crippen LogP contribution in [0, 0.1) is 12.7 Å². The second-order valence-electron chi connectivity index (χ2n) is 5.66. The highest BCUT2D eigenvalue weighted by atomic mass is 32.2. The Balaban J connectivity index is 1.91. The molecule has 3 rings (SSSR count). The standard InChI is InChI=1S/C17H20FN3OS/c1-11-6-7-13(18)12(9-11)16-10-14(20-22-16)15-5-4-8-21(15)17(19-2)23-3/h6-7,9-10,15H,4-5,8H2,1-3H3. The van der Waals surface area contributed by atoms with Crippen molar-refractivity contribution in [2.75, 3.05) is 19.8 Å². The van der Waals surface area contributed by atoms with Crippen LogP contribution in [-0.4, -0.2) is 35.1 Å². The fourth-order valence-electron chi connectivity index (χ4n) is 3.04. The maximum absolute atomic E-state index is 14.0. The number of nitrogens with zero attached hydrogens (tertiary/aromatic N) is 3. The highest BCUT2D eigenvalue weighted by Crippen LogP contribution is 2.35. The number of rotatable bonds is 2. The first-order chi connectivity index (χ1) is 11.1. The summed E-state index contributed by atoms with van der Waals surface area (Å²) in [5.74, 6) is 0.189. The zero-order valence-electron chi connectivity index (χ0n) is 13.5. The molecule has 1 saturated heterocycles. The average Bonchev–Trinajstić information content (AvgIpc) is 3.20. The lowest BCUT2D eigenvalue weighted by Crippen LogP contribution is -2.28. The van der Waals surface area contributed by atoms with E-state index < -0.39 is 0 Å². The Hall–Kier alpha value is -1.82. The maximum Gasteiger partial charge on any atom is 0.170 e. The second kappa shape index (κ2) is 6.74. The van der Waals surface area contributed by atoms with E-state index in [0.29, 0.717) is 11.3 Å². The number of benzene rings is 1. The van der Waals surface area contributed by atoms with Crippen LogP contribution in [0.3, 0.4) is 0 Å². The molecule has 122 valence electrons. The molecular formula is C17H20FN3OS. The van der Waals surface area contributed by atoms with Gasteiger partial charge in [-0.2, -0.15) is 0 Å². The fourth-order valence-corrected chi connectivity index (χ4v) is 3.68. The molecule has 1 atom stereocenters. The molecule has 0 saturated carbocycles. The molecule has 0 radical (unpaired) electrons. The molecule has 1 unspecified atom stereocenters. The van der Waals surface area contributed by atoms with E-state index in [0.717, 1.165) is 35.8 Å². The SMILES string of the molecule is CN=C(SC)N1CCCC1c1cc(-c2cc(C)ccc2F)on1. The van der Waals surface area contributed by atoms with Crippen molar-refractivity contribution < 1.29 is 8.91 Å². The molecule has 0 spiro atoms. The van der Waals surface area contributed by atoms with E-state index >= 15 is 0 Å². The lowest BCUT2D eigenvalue weighted by molar-refractivity contribution is 0.361. The largest absolute Gasteiger partial charge is 0.356 e. The van der Waals surface area contributed by atoms with Crippen LogP contribution >= 0.6 is 11.8 Å². The highest BCUT2D eigenvalue weighted by Gasteiger charge is 2.31. The van der Waals surface area contributed by atoms with Gasteiger partial charge in [-0.05, 0) is 38.2 Å². The molecule has 0 aliphatic carbocycles. The third-order valence-electron chi connectivity index (χ3n) is 4.13. The molecule has 0 bridgehead atoms. The van der Waals surface area contributed by atoms with Crippen LogP contribution in [0.4, 0.5) is 4.39 Å². The smallest absolute Gasteiger partial charge is 0.170 e. The van der Waals surface area contributed by atoms with Crippen molar-refractivity contribution in [2.45, 2.75) is 25.8 Å². The third-order valence-corrected chi connectivity index (χ3v) is 4.91. The Morgan fingerprint density at radius 3 is 3.00 bits per heavy atom. The van der Waals surface area contributed by atoms with Gasteiger partial charge >= 0.3 is 0 Å². The summed E-state index contributed by atoms with van der Waals surface area (Å²) in [6, 6.07) is 7.00. The molecule has 0 amide bonds. The van der Waals surface area contributed by atoms with E-state index in [-0.39, 0.29) is 11.9 Å². The highest BCUT2D eigenvalue weighted by molar-refractivity contribution is 8.13. The van der Waals surface area contributed by atoms with Gasteiger partial charge in [-0.3, -0.25) is 4.99 Å². The number of hydrogen-bond donors (Lipinski definition) is 0. The molecule has 4 nitrogen and oxygen atoms in total. The maximum atomic E-state index is 14.0. The van der Waals surface area contributed by atoms with Gasteiger partial charge in [0.05, 0.1) is 11.6 Å². The number of hydrogen-bond acceptors (Lipinski definition) is 4. The monoisotopic (exact) mass is 333 g/mol. The van der Waals surface area contributed by atoms with Crippen molar-refractivity contribution in [1.29, 1.82) is 0 Å². The zero-order chi connectivity index (χ0) is 16.4. The minimum absolute atomic E-state index is 0.145. The van der Waals surface area contributed by atoms with Crippen LogP contribution in [0.15, 0.2) is 33.8 Å². The number of aliphatic imine (C=N–C) groups is 1. The molecule has 1 aliphatic rings. The second-order valence-corrected chi connectivity index (χ2v) is 6.43. The van der Waals surface area contributed by atoms with Crippen LogP contribution < -0.4 is 0 Å². The van der Waals surface area contributed by atoms with Crippen molar-refractivity contribution in [1.82, 2.24) is 10.1 Å². The van der Waals surface area contributed by atoms with Gasteiger partial charge in [0.2, 0.25) is 0 Å². The average molecular weight is 333 g/mol. The van der Waals surface area contributed by atoms with Crippen molar-refractivity contribution >= 4 is 16.9 Å². The first-order valence-electron chi connectivity index (χ1n) is 7.64. The lowest BCUT2D eigenvalue weighted by Gasteiger charge is -2.24. The van der Waals surface area contributed by atoms with Crippen molar-refractivity contribution in [3.05, 3.63) is 41.3 Å². The van der Waals surface area contributed by atoms with Gasteiger partial charge in [0.15, 0.2) is 10.9 Å². The van der Waals surface area contributed by atoms with Gasteiger partial charge in [0, 0.05) is 19.7 Å². The van der Waals surface area contributed by atoms with Gasteiger partial charge in [-0.25, -0.2) is 4.39 Å². The van der Waals surface area contributed by atoms with Crippen LogP contribution in [0.5, 0.6) is 0 Å². The Morgan fingerprint density at radius 1 is 1.43 bits per heavy atom. The van der Waals surface area contributed by atoms with E-state index in [1.807, 2.05) is 19.2 Å². The Labute approximate surface area is 139 Å². The number of amidine groups is 1. The summed E-state index contributed by atoms with van der Waals surface area (Å²) in [5, 5.41) is 5.20. The molecular weight excluding hydrogens is 313 g/mol. The number of thioether (sulfide) groups is 1. The van der Waals surface area contributed by atoms with E-state index in [2.05, 4.69) is 15.0 Å². The van der Waals surface area contributed by atoms with Gasteiger partial charge in [0.25, 0.3) is 0 Å². The van der Waals surface area contributed by atoms with Crippen molar-refractivity contribution in [3.8, 4) is 11.3 Å². The van der Waals surface area contributed by atoms with Crippen LogP contribution in [-0.2, 0) is 0 Å². The predicted molar refractivity (Wildman–Crippen MR) is 92.2 cm³/mol. The van der Waals surface area contributed by atoms with Gasteiger partial charge in [0.1, 0.15) is 11.5 Å². The summed E-state index contributed by atoms with van der Waals surface area (Å²) in [5.41, 5.74) is 2.29. The molecule has 1 aromatic heterocycles. The molecule has 1 aromatic carbocycles. The predicted octanol–water partition coefficient (Wildman–Crippen LogP) is 4.27. The molecule has 23 heavy (non-hydrogen) atoms. The lowest BCUT2D eigenvalue weighted by atomic mass is 10.1. The quantitative estimate of drug-likeness (QED) is 0.608. The molecule has 2 aromatic rings. The molecule has 6 heteroatoms. The summed E-state index contributed by atoms with van der Waals surface area (Å²) >= 11 is 1.63. The summed E-state index contributed by atoms with van der Waals surface area (Å²) in [4.78, 5) is 6.59. The third kappa shape index (κ3) is 3.13. The van der Waals surface area contributed by atoms with E-state index in [1.54, 1.807) is 30.9 Å². The van der Waals surface area contributed by atoms with Crippen LogP contribution in [0.25, 0.3) is 11.3 Å². The van der Waals surface area contributed by atoms with Gasteiger partial charge in [-0.1, -0.05) is 28.5 Å². The van der Waals surface area contributed by atoms with Crippen molar-refractivity contribution in [2.24, 2.45) is 4.99 Å². The van der Waals surface area contributed by atoms with E-state index in [4.69, 9.17) is 4.52 Å². The van der Waals surface area contributed by atoms with Gasteiger partial charge < -0.3 is 9.42 Å². The van der Waals surface area contributed by atoms with Crippen LogP contribution in [0.2, 0.25) is 0 Å². The minimum atomic E-state index is -0.290. The number of likely N-dealkylation sites (tertiary alicyclic amines) is 1. The number of aromatic nitrogens is 1. The molecule has 2 heterocycles. The summed E-state index contributed by atoms with van der Waals surface area (Å²) in [6.45, 7) is 2.89. The first kappa shape index (κ1) is 16.1. The normalized spacial score (nSPS) is 18.7. The molecule has 1 aliphatic heterocycles. The molecule has 1 fully saturated rings. The summed E-state index contributed by atoms with van der Waals surface area (Å²) in [7, 11) is 1.80. The topological polar surface area (TPSA) is 41.6 Å². The van der Waals surface area contributed by atoms with E-state index in [9.17, 15) is 4.39 Å². The number of aryl methyl sites for hydroxylation is 1. The number of halogens is 1. The van der Waals surface area contributed by atoms with E-state index in [1.165, 1.54) is 6.07 Å². The summed E-state index contributed by atoms with van der Waals surface area (Å²) in [6.07, 6.45) is 4.11. The Bertz CT molecular complexity index is 728. The zero-order valence-corrected chi connectivity index (χ0v) is 14.4. The van der Waals surface area contributed by atoms with Crippen molar-refractivity contribution in [3.63, 3.8) is 0 Å². The van der Waals surface area contributed by atoms with Gasteiger partial charge in [-0.15, -0.1) is 0 Å². The first-order valence-corrected chi connectivity index (χ1v) is 8.87. The Morgan fingerprint density at radius 2 is 2.26 bits per heavy atom.